The number of hydrogen-bond donors (Lipinski definition) is 1. The molecule has 1 N–H and O–H groups in total. The smallest absolute Gasteiger partial charge is 0.242 e. The van der Waals surface area contributed by atoms with Gasteiger partial charge in [-0.15, -0.1) is 0 Å². The van der Waals surface area contributed by atoms with E-state index in [1.54, 1.807) is 12.0 Å². The lowest BCUT2D eigenvalue weighted by atomic mass is 10.1. The fourth-order valence-electron chi connectivity index (χ4n) is 4.29. The van der Waals surface area contributed by atoms with Crippen LogP contribution < -0.4 is 10.1 Å². The number of rotatable bonds is 8. The molecule has 1 aliphatic rings. The Labute approximate surface area is 239 Å². The van der Waals surface area contributed by atoms with Gasteiger partial charge in [-0.25, -0.2) is 4.99 Å². The molecule has 5 rings (SSSR count). The molecule has 192 valence electrons. The molecule has 2 amide bonds. The molecule has 38 heavy (non-hydrogen) atoms. The zero-order chi connectivity index (χ0) is 26.5. The molecule has 6 nitrogen and oxygen atoms in total. The predicted octanol–water partition coefficient (Wildman–Crippen LogP) is 6.66. The molecule has 8 heteroatoms. The summed E-state index contributed by atoms with van der Waals surface area (Å²) in [6.45, 7) is 0.469. The predicted molar refractivity (Wildman–Crippen MR) is 163 cm³/mol. The lowest BCUT2D eigenvalue weighted by Gasteiger charge is -2.17. The highest BCUT2D eigenvalue weighted by molar-refractivity contribution is 14.1. The summed E-state index contributed by atoms with van der Waals surface area (Å²) in [5.41, 5.74) is 2.61. The van der Waals surface area contributed by atoms with Gasteiger partial charge in [0, 0.05) is 27.6 Å². The number of benzene rings is 4. The SMILES string of the molecule is COc1ccc(CCN2C(=O)[C@H](CC(=O)Nc3ccc(I)cc3)SC2=Nc2cccc3ccccc23)cc1. The van der Waals surface area contributed by atoms with Gasteiger partial charge in [0.25, 0.3) is 0 Å². The minimum absolute atomic E-state index is 0.0725. The first-order chi connectivity index (χ1) is 18.5. The van der Waals surface area contributed by atoms with Gasteiger partial charge in [0.1, 0.15) is 11.0 Å². The highest BCUT2D eigenvalue weighted by Crippen LogP contribution is 2.34. The first-order valence-corrected chi connectivity index (χ1v) is 14.2. The Bertz CT molecular complexity index is 1480. The molecule has 0 aromatic heterocycles. The molecule has 0 aliphatic carbocycles. The van der Waals surface area contributed by atoms with E-state index in [1.807, 2.05) is 91.0 Å². The second kappa shape index (κ2) is 12.0. The van der Waals surface area contributed by atoms with E-state index in [-0.39, 0.29) is 18.2 Å². The zero-order valence-corrected chi connectivity index (χ0v) is 23.7. The summed E-state index contributed by atoms with van der Waals surface area (Å²) < 4.78 is 6.34. The van der Waals surface area contributed by atoms with Crippen LogP contribution in [0.5, 0.6) is 5.75 Å². The van der Waals surface area contributed by atoms with Crippen molar-refractivity contribution in [3.63, 3.8) is 0 Å². The first-order valence-electron chi connectivity index (χ1n) is 12.2. The zero-order valence-electron chi connectivity index (χ0n) is 20.8. The molecule has 0 saturated carbocycles. The van der Waals surface area contributed by atoms with E-state index in [0.29, 0.717) is 23.8 Å². The van der Waals surface area contributed by atoms with Crippen LogP contribution in [-0.2, 0) is 16.0 Å². The highest BCUT2D eigenvalue weighted by atomic mass is 127. The minimum atomic E-state index is -0.538. The summed E-state index contributed by atoms with van der Waals surface area (Å²) in [6.07, 6.45) is 0.732. The first kappa shape index (κ1) is 26.2. The number of halogens is 1. The van der Waals surface area contributed by atoms with Crippen LogP contribution >= 0.6 is 34.4 Å². The molecular weight excluding hydrogens is 609 g/mol. The number of amides is 2. The molecular formula is C30H26IN3O3S. The van der Waals surface area contributed by atoms with E-state index in [0.717, 1.165) is 31.3 Å². The molecule has 1 heterocycles. The van der Waals surface area contributed by atoms with Crippen LogP contribution in [-0.4, -0.2) is 40.8 Å². The number of fused-ring (bicyclic) bond motifs is 1. The molecule has 1 atom stereocenters. The molecule has 4 aromatic carbocycles. The van der Waals surface area contributed by atoms with E-state index in [2.05, 4.69) is 27.9 Å². The van der Waals surface area contributed by atoms with Crippen molar-refractivity contribution in [3.05, 3.63) is 100 Å². The Morgan fingerprint density at radius 3 is 2.50 bits per heavy atom. The van der Waals surface area contributed by atoms with Crippen molar-refractivity contribution < 1.29 is 14.3 Å². The van der Waals surface area contributed by atoms with Crippen LogP contribution in [0.4, 0.5) is 11.4 Å². The Morgan fingerprint density at radius 2 is 1.74 bits per heavy atom. The summed E-state index contributed by atoms with van der Waals surface area (Å²) >= 11 is 3.58. The van der Waals surface area contributed by atoms with Gasteiger partial charge in [-0.2, -0.15) is 0 Å². The van der Waals surface area contributed by atoms with E-state index in [9.17, 15) is 9.59 Å². The van der Waals surface area contributed by atoms with E-state index < -0.39 is 5.25 Å². The number of carbonyl (C=O) groups is 2. The second-order valence-electron chi connectivity index (χ2n) is 8.85. The molecule has 0 bridgehead atoms. The monoisotopic (exact) mass is 635 g/mol. The quantitative estimate of drug-likeness (QED) is 0.220. The van der Waals surface area contributed by atoms with Crippen LogP contribution in [0.2, 0.25) is 0 Å². The number of ether oxygens (including phenoxy) is 1. The van der Waals surface area contributed by atoms with Crippen molar-refractivity contribution in [3.8, 4) is 5.75 Å². The molecule has 1 saturated heterocycles. The number of amidine groups is 1. The van der Waals surface area contributed by atoms with E-state index in [4.69, 9.17) is 9.73 Å². The number of aliphatic imine (C=N–C) groups is 1. The minimum Gasteiger partial charge on any atom is -0.497 e. The number of thioether (sulfide) groups is 1. The third-order valence-electron chi connectivity index (χ3n) is 6.28. The average Bonchev–Trinajstić information content (AvgIpc) is 3.22. The van der Waals surface area contributed by atoms with Crippen molar-refractivity contribution in [2.75, 3.05) is 19.0 Å². The van der Waals surface area contributed by atoms with Crippen LogP contribution in [0, 0.1) is 3.57 Å². The van der Waals surface area contributed by atoms with Crippen molar-refractivity contribution in [2.24, 2.45) is 4.99 Å². The second-order valence-corrected chi connectivity index (χ2v) is 11.3. The van der Waals surface area contributed by atoms with Crippen molar-refractivity contribution in [2.45, 2.75) is 18.1 Å². The maximum Gasteiger partial charge on any atom is 0.242 e. The van der Waals surface area contributed by atoms with Crippen molar-refractivity contribution >= 4 is 73.5 Å². The molecule has 0 radical (unpaired) electrons. The number of nitrogens with one attached hydrogen (secondary N) is 1. The van der Waals surface area contributed by atoms with Gasteiger partial charge in [-0.1, -0.05) is 60.3 Å². The summed E-state index contributed by atoms with van der Waals surface area (Å²) in [5, 5.41) is 5.09. The number of anilines is 1. The number of methoxy groups -OCH3 is 1. The Hall–Kier alpha value is -3.37. The summed E-state index contributed by atoms with van der Waals surface area (Å²) in [4.78, 5) is 33.0. The Morgan fingerprint density at radius 1 is 1.00 bits per heavy atom. The highest BCUT2D eigenvalue weighted by Gasteiger charge is 2.39. The Balaban J connectivity index is 1.38. The van der Waals surface area contributed by atoms with E-state index in [1.165, 1.54) is 11.8 Å². The largest absolute Gasteiger partial charge is 0.497 e. The normalized spacial score (nSPS) is 16.3. The number of carbonyl (C=O) groups excluding carboxylic acids is 2. The fourth-order valence-corrected chi connectivity index (χ4v) is 5.82. The third kappa shape index (κ3) is 6.19. The summed E-state index contributed by atoms with van der Waals surface area (Å²) in [5.74, 6) is 0.498. The fraction of sp³-hybridized carbons (Fsp3) is 0.167. The number of nitrogens with zero attached hydrogens (tertiary/aromatic N) is 2. The van der Waals surface area contributed by atoms with Crippen LogP contribution in [0.1, 0.15) is 12.0 Å². The summed E-state index contributed by atoms with van der Waals surface area (Å²) in [7, 11) is 1.64. The lowest BCUT2D eigenvalue weighted by Crippen LogP contribution is -2.35. The standard InChI is InChI=1S/C30H26IN3O3S/c1-37-24-15-9-20(10-16-24)17-18-34-29(36)27(19-28(35)32-23-13-11-22(31)12-14-23)38-30(34)33-26-8-4-6-21-5-2-3-7-25(21)26/h2-16,27H,17-19H2,1H3,(H,32,35)/t27-/m0/s1. The van der Waals surface area contributed by atoms with Gasteiger partial charge in [0.15, 0.2) is 5.17 Å². The molecule has 4 aromatic rings. The molecule has 1 fully saturated rings. The van der Waals surface area contributed by atoms with Crippen LogP contribution in [0.15, 0.2) is 96.0 Å². The molecule has 0 unspecified atom stereocenters. The van der Waals surface area contributed by atoms with Crippen LogP contribution in [0.3, 0.4) is 0 Å². The average molecular weight is 636 g/mol. The van der Waals surface area contributed by atoms with Gasteiger partial charge in [-0.05, 0) is 82.4 Å². The number of hydrogen-bond acceptors (Lipinski definition) is 5. The van der Waals surface area contributed by atoms with Gasteiger partial charge in [0.2, 0.25) is 11.8 Å². The van der Waals surface area contributed by atoms with E-state index >= 15 is 0 Å². The topological polar surface area (TPSA) is 71.0 Å². The van der Waals surface area contributed by atoms with Crippen LogP contribution in [0.25, 0.3) is 10.8 Å². The maximum absolute atomic E-state index is 13.5. The summed E-state index contributed by atoms with van der Waals surface area (Å²) in [6, 6.07) is 29.4. The third-order valence-corrected chi connectivity index (χ3v) is 8.18. The van der Waals surface area contributed by atoms with Crippen molar-refractivity contribution in [1.29, 1.82) is 0 Å². The van der Waals surface area contributed by atoms with Gasteiger partial charge in [0.05, 0.1) is 12.8 Å². The maximum atomic E-state index is 13.5. The molecule has 1 aliphatic heterocycles. The molecule has 0 spiro atoms. The lowest BCUT2D eigenvalue weighted by molar-refractivity contribution is -0.128. The Kier molecular flexibility index (Phi) is 8.29. The van der Waals surface area contributed by atoms with Crippen molar-refractivity contribution in [1.82, 2.24) is 4.90 Å². The van der Waals surface area contributed by atoms with Gasteiger partial charge >= 0.3 is 0 Å². The van der Waals surface area contributed by atoms with Gasteiger partial charge in [-0.3, -0.25) is 14.5 Å². The van der Waals surface area contributed by atoms with Gasteiger partial charge < -0.3 is 10.1 Å².